The maximum atomic E-state index is 13.0. The van der Waals surface area contributed by atoms with E-state index >= 15 is 0 Å². The molecule has 0 bridgehead atoms. The zero-order valence-electron chi connectivity index (χ0n) is 18.6. The molecule has 1 aromatic heterocycles. The molecule has 0 aliphatic carbocycles. The molecule has 2 aliphatic heterocycles. The van der Waals surface area contributed by atoms with E-state index in [0.29, 0.717) is 11.1 Å². The molecule has 5 atom stereocenters. The van der Waals surface area contributed by atoms with Gasteiger partial charge in [-0.1, -0.05) is 42.1 Å². The molecule has 0 saturated carbocycles. The largest absolute Gasteiger partial charge is 0.477 e. The van der Waals surface area contributed by atoms with Gasteiger partial charge in [0.2, 0.25) is 11.1 Å². The first-order chi connectivity index (χ1) is 16.8. The van der Waals surface area contributed by atoms with E-state index < -0.39 is 53.2 Å². The number of H-pyrrole nitrogens is 1. The number of thioether (sulfide) groups is 2. The smallest absolute Gasteiger partial charge is 0.352 e. The van der Waals surface area contributed by atoms with Crippen molar-refractivity contribution in [2.24, 2.45) is 5.73 Å². The van der Waals surface area contributed by atoms with Crippen LogP contribution in [0.2, 0.25) is 0 Å². The average molecular weight is 540 g/mol. The lowest BCUT2D eigenvalue weighted by atomic mass is 9.98. The number of amides is 2. The molecular formula is C20H25N7O7S2. The molecule has 194 valence electrons. The van der Waals surface area contributed by atoms with E-state index in [1.165, 1.54) is 11.8 Å². The topological polar surface area (TPSA) is 239 Å². The number of aliphatic carboxylic acids is 1. The lowest BCUT2D eigenvalue weighted by molar-refractivity contribution is -0.150. The second-order valence-corrected chi connectivity index (χ2v) is 10.1. The van der Waals surface area contributed by atoms with E-state index in [9.17, 15) is 29.7 Å². The van der Waals surface area contributed by atoms with Gasteiger partial charge in [0.05, 0.1) is 12.7 Å². The zero-order valence-corrected chi connectivity index (χ0v) is 20.3. The number of nitrogens with two attached hydrogens (primary N) is 1. The van der Waals surface area contributed by atoms with Crippen LogP contribution < -0.4 is 11.1 Å². The number of benzene rings is 1. The molecular weight excluding hydrogens is 514 g/mol. The number of nitrogens with zero attached hydrogens (tertiary/aromatic N) is 4. The first-order valence-electron chi connectivity index (χ1n) is 10.5. The van der Waals surface area contributed by atoms with Crippen LogP contribution in [-0.2, 0) is 14.4 Å². The van der Waals surface area contributed by atoms with Gasteiger partial charge in [0, 0.05) is 11.0 Å². The first-order valence-corrected chi connectivity index (χ1v) is 12.5. The van der Waals surface area contributed by atoms with Gasteiger partial charge in [0.25, 0.3) is 5.91 Å². The Morgan fingerprint density at radius 2 is 2.06 bits per heavy atom. The molecule has 1 fully saturated rings. The van der Waals surface area contributed by atoms with Crippen LogP contribution in [-0.4, -0.2) is 99.2 Å². The van der Waals surface area contributed by atoms with E-state index in [2.05, 4.69) is 25.9 Å². The van der Waals surface area contributed by atoms with Gasteiger partial charge in [-0.2, -0.15) is 5.21 Å². The summed E-state index contributed by atoms with van der Waals surface area (Å²) in [6.07, 6.45) is -1.12. The van der Waals surface area contributed by atoms with Gasteiger partial charge in [-0.25, -0.2) is 4.79 Å². The number of tetrazole rings is 1. The Bertz CT molecular complexity index is 1120. The van der Waals surface area contributed by atoms with Crippen LogP contribution in [0.3, 0.4) is 0 Å². The summed E-state index contributed by atoms with van der Waals surface area (Å²) >= 11 is 2.35. The van der Waals surface area contributed by atoms with Crippen molar-refractivity contribution in [2.75, 3.05) is 12.4 Å². The molecule has 2 amide bonds. The second kappa shape index (κ2) is 11.8. The third-order valence-corrected chi connectivity index (χ3v) is 8.05. The number of aliphatic hydroxyl groups excluding tert-OH is 2. The number of β-lactam (4-membered cyclic amide) rings is 1. The number of rotatable bonds is 10. The molecule has 14 nitrogen and oxygen atoms in total. The summed E-state index contributed by atoms with van der Waals surface area (Å²) in [6, 6.07) is 6.79. The second-order valence-electron chi connectivity index (χ2n) is 7.84. The van der Waals surface area contributed by atoms with Crippen LogP contribution >= 0.6 is 23.5 Å². The number of aliphatic hydroxyl groups is 2. The summed E-state index contributed by atoms with van der Waals surface area (Å²) in [6.45, 7) is -0.521. The van der Waals surface area contributed by atoms with Gasteiger partial charge in [-0.05, 0) is 22.8 Å². The van der Waals surface area contributed by atoms with E-state index in [4.69, 9.17) is 5.73 Å². The van der Waals surface area contributed by atoms with Crippen molar-refractivity contribution in [1.82, 2.24) is 30.8 Å². The summed E-state index contributed by atoms with van der Waals surface area (Å²) in [7, 11) is 0. The SMILES string of the molecule is NC(C(=O)NC1C(=O)N2C(C(=O)O)=C(C(CC(O)CO)Sc3nn[nH]n3)CS[C@@H]12)c1ccccc1.O. The highest BCUT2D eigenvalue weighted by atomic mass is 32.2. The molecule has 2 aromatic rings. The number of carbonyl (C=O) groups is 3. The third kappa shape index (κ3) is 5.53. The molecule has 0 spiro atoms. The quantitative estimate of drug-likeness (QED) is 0.142. The number of hydrogen-bond acceptors (Lipinski definition) is 11. The highest BCUT2D eigenvalue weighted by Crippen LogP contribution is 2.44. The fourth-order valence-corrected chi connectivity index (χ4v) is 6.48. The average Bonchev–Trinajstić information content (AvgIpc) is 3.38. The molecule has 4 unspecified atom stereocenters. The molecule has 9 N–H and O–H groups in total. The standard InChI is InChI=1S/C20H23N7O6S2.H2O/c21-13(9-4-2-1-3-5-9)16(30)22-14-17(31)27-15(19(32)33)11(8-34-18(14)27)12(6-10(29)7-28)35-20-23-25-26-24-20;/h1-5,10,12-14,18,28-29H,6-8,21H2,(H,22,30)(H,32,33)(H,23,24,25,26);1H2/t10?,12?,13?,14?,18-;/m0./s1. The van der Waals surface area contributed by atoms with Crippen LogP contribution in [0.15, 0.2) is 46.8 Å². The Kier molecular flexibility index (Phi) is 9.04. The number of carbonyl (C=O) groups excluding carboxylic acids is 2. The maximum absolute atomic E-state index is 13.0. The van der Waals surface area contributed by atoms with E-state index in [-0.39, 0.29) is 28.5 Å². The van der Waals surface area contributed by atoms with Gasteiger partial charge >= 0.3 is 5.97 Å². The summed E-state index contributed by atoms with van der Waals surface area (Å²) in [5.74, 6) is -2.22. The van der Waals surface area contributed by atoms with Crippen molar-refractivity contribution >= 4 is 41.3 Å². The van der Waals surface area contributed by atoms with Crippen molar-refractivity contribution in [1.29, 1.82) is 0 Å². The van der Waals surface area contributed by atoms with Crippen LogP contribution in [0.5, 0.6) is 0 Å². The minimum Gasteiger partial charge on any atom is -0.477 e. The normalized spacial score (nSPS) is 21.5. The number of fused-ring (bicyclic) bond motifs is 1. The fourth-order valence-electron chi connectivity index (χ4n) is 3.86. The number of aromatic amines is 1. The van der Waals surface area contributed by atoms with E-state index in [1.54, 1.807) is 30.3 Å². The summed E-state index contributed by atoms with van der Waals surface area (Å²) < 4.78 is 0. The van der Waals surface area contributed by atoms with Gasteiger partial charge in [0.1, 0.15) is 23.2 Å². The molecule has 2 aliphatic rings. The lowest BCUT2D eigenvalue weighted by Crippen LogP contribution is -2.71. The van der Waals surface area contributed by atoms with Crippen LogP contribution in [0.4, 0.5) is 0 Å². The molecule has 1 aromatic carbocycles. The van der Waals surface area contributed by atoms with Crippen LogP contribution in [0.1, 0.15) is 18.0 Å². The predicted molar refractivity (Wildman–Crippen MR) is 128 cm³/mol. The molecule has 1 saturated heterocycles. The number of aromatic nitrogens is 4. The number of hydrogen-bond donors (Lipinski definition) is 6. The summed E-state index contributed by atoms with van der Waals surface area (Å²) in [4.78, 5) is 39.0. The van der Waals surface area contributed by atoms with Gasteiger partial charge in [-0.3, -0.25) is 14.5 Å². The zero-order chi connectivity index (χ0) is 25.1. The molecule has 0 radical (unpaired) electrons. The predicted octanol–water partition coefficient (Wildman–Crippen LogP) is -1.98. The lowest BCUT2D eigenvalue weighted by Gasteiger charge is -2.50. The van der Waals surface area contributed by atoms with Crippen molar-refractivity contribution in [3.8, 4) is 0 Å². The highest BCUT2D eigenvalue weighted by Gasteiger charge is 2.55. The fraction of sp³-hybridized carbons (Fsp3) is 0.400. The van der Waals surface area contributed by atoms with Gasteiger partial charge in [-0.15, -0.1) is 22.0 Å². The highest BCUT2D eigenvalue weighted by molar-refractivity contribution is 8.01. The Morgan fingerprint density at radius 1 is 1.33 bits per heavy atom. The van der Waals surface area contributed by atoms with Crippen molar-refractivity contribution in [3.05, 3.63) is 47.2 Å². The van der Waals surface area contributed by atoms with E-state index in [1.807, 2.05) is 0 Å². The maximum Gasteiger partial charge on any atom is 0.352 e. The monoisotopic (exact) mass is 539 g/mol. The Labute approximate surface area is 213 Å². The van der Waals surface area contributed by atoms with Crippen molar-refractivity contribution in [3.63, 3.8) is 0 Å². The van der Waals surface area contributed by atoms with Gasteiger partial charge in [0.15, 0.2) is 0 Å². The molecule has 3 heterocycles. The number of carboxylic acid groups (broad SMARTS) is 1. The van der Waals surface area contributed by atoms with Crippen LogP contribution in [0.25, 0.3) is 0 Å². The molecule has 16 heteroatoms. The molecule has 4 rings (SSSR count). The van der Waals surface area contributed by atoms with Crippen LogP contribution in [0, 0.1) is 0 Å². The minimum absolute atomic E-state index is 0. The Morgan fingerprint density at radius 3 is 2.67 bits per heavy atom. The number of carboxylic acids is 1. The van der Waals surface area contributed by atoms with E-state index in [0.717, 1.165) is 16.7 Å². The first kappa shape index (κ1) is 27.6. The third-order valence-electron chi connectivity index (χ3n) is 5.60. The Balaban J connectivity index is 0.00000361. The minimum atomic E-state index is -1.32. The Hall–Kier alpha value is -3.02. The summed E-state index contributed by atoms with van der Waals surface area (Å²) in [5.41, 5.74) is 6.77. The summed E-state index contributed by atoms with van der Waals surface area (Å²) in [5, 5.41) is 44.4. The van der Waals surface area contributed by atoms with Gasteiger partial charge < -0.3 is 31.8 Å². The number of nitrogens with one attached hydrogen (secondary N) is 2. The van der Waals surface area contributed by atoms with Crippen molar-refractivity contribution < 1.29 is 35.2 Å². The van der Waals surface area contributed by atoms with Crippen molar-refractivity contribution in [2.45, 2.75) is 40.4 Å². The molecule has 36 heavy (non-hydrogen) atoms.